The molecule has 1 aromatic carbocycles. The molecule has 2 aromatic rings. The Hall–Kier alpha value is -1.97. The van der Waals surface area contributed by atoms with Crippen LogP contribution in [-0.2, 0) is 18.7 Å². The predicted molar refractivity (Wildman–Crippen MR) is 100 cm³/mol. The molecular weight excluding hydrogens is 356 g/mol. The van der Waals surface area contributed by atoms with Gasteiger partial charge in [-0.05, 0) is 30.5 Å². The summed E-state index contributed by atoms with van der Waals surface area (Å²) < 4.78 is 1.98. The molecule has 1 aliphatic heterocycles. The van der Waals surface area contributed by atoms with Crippen molar-refractivity contribution in [2.45, 2.75) is 38.0 Å². The maximum absolute atomic E-state index is 10.4. The third-order valence-corrected chi connectivity index (χ3v) is 5.42. The molecule has 7 heteroatoms. The molecule has 0 amide bonds. The highest BCUT2D eigenvalue weighted by Gasteiger charge is 2.20. The van der Waals surface area contributed by atoms with Gasteiger partial charge in [0.2, 0.25) is 0 Å². The van der Waals surface area contributed by atoms with Gasteiger partial charge in [-0.2, -0.15) is 5.26 Å². The van der Waals surface area contributed by atoms with Gasteiger partial charge in [-0.25, -0.2) is 0 Å². The van der Waals surface area contributed by atoms with E-state index < -0.39 is 0 Å². The SMILES string of the molecule is N#C/C(=C(/O)CSCc1ccc(Cl)cc1)c1nnc2n1CCCCC2. The van der Waals surface area contributed by atoms with Gasteiger partial charge >= 0.3 is 0 Å². The molecule has 0 spiro atoms. The number of rotatable bonds is 5. The summed E-state index contributed by atoms with van der Waals surface area (Å²) in [5.41, 5.74) is 1.35. The number of aliphatic hydroxyl groups excluding tert-OH is 1. The zero-order valence-corrected chi connectivity index (χ0v) is 15.4. The molecule has 0 radical (unpaired) electrons. The molecule has 0 bridgehead atoms. The van der Waals surface area contributed by atoms with Gasteiger partial charge in [0.15, 0.2) is 5.82 Å². The Labute approximate surface area is 156 Å². The Kier molecular flexibility index (Phi) is 6.00. The second-order valence-corrected chi connectivity index (χ2v) is 7.38. The van der Waals surface area contributed by atoms with Crippen molar-refractivity contribution in [2.75, 3.05) is 5.75 Å². The molecule has 130 valence electrons. The number of nitrogens with zero attached hydrogens (tertiary/aromatic N) is 4. The van der Waals surface area contributed by atoms with Crippen LogP contribution in [0.15, 0.2) is 30.0 Å². The summed E-state index contributed by atoms with van der Waals surface area (Å²) in [6, 6.07) is 9.72. The highest BCUT2D eigenvalue weighted by molar-refractivity contribution is 7.98. The average molecular weight is 375 g/mol. The van der Waals surface area contributed by atoms with Crippen LogP contribution in [0.4, 0.5) is 0 Å². The van der Waals surface area contributed by atoms with Gasteiger partial charge in [0.25, 0.3) is 0 Å². The second-order valence-electron chi connectivity index (χ2n) is 5.95. The summed E-state index contributed by atoms with van der Waals surface area (Å²) in [4.78, 5) is 0. The van der Waals surface area contributed by atoms with Crippen LogP contribution in [0.3, 0.4) is 0 Å². The minimum absolute atomic E-state index is 0.0564. The maximum atomic E-state index is 10.4. The van der Waals surface area contributed by atoms with Crippen molar-refractivity contribution in [3.05, 3.63) is 52.3 Å². The fraction of sp³-hybridized carbons (Fsp3) is 0.389. The minimum Gasteiger partial charge on any atom is -0.510 e. The third kappa shape index (κ3) is 4.36. The highest BCUT2D eigenvalue weighted by Crippen LogP contribution is 2.24. The van der Waals surface area contributed by atoms with Crippen molar-refractivity contribution in [1.29, 1.82) is 5.26 Å². The molecule has 0 saturated carbocycles. The molecule has 1 aromatic heterocycles. The summed E-state index contributed by atoms with van der Waals surface area (Å²) >= 11 is 7.42. The number of fused-ring (bicyclic) bond motifs is 1. The number of thioether (sulfide) groups is 1. The summed E-state index contributed by atoms with van der Waals surface area (Å²) in [5.74, 6) is 2.54. The van der Waals surface area contributed by atoms with Crippen LogP contribution in [0.1, 0.15) is 36.5 Å². The number of hydrogen-bond donors (Lipinski definition) is 1. The molecule has 1 N–H and O–H groups in total. The molecule has 0 fully saturated rings. The largest absolute Gasteiger partial charge is 0.510 e. The lowest BCUT2D eigenvalue weighted by Crippen LogP contribution is -2.07. The fourth-order valence-electron chi connectivity index (χ4n) is 2.83. The number of benzene rings is 1. The standard InChI is InChI=1S/C18H19ClN4OS/c19-14-7-5-13(6-8-14)11-25-12-16(24)15(10-20)18-22-21-17-4-2-1-3-9-23(17)18/h5-8,24H,1-4,9,11-12H2/b16-15-. The van der Waals surface area contributed by atoms with E-state index in [-0.39, 0.29) is 11.3 Å². The molecule has 1 aliphatic rings. The Morgan fingerprint density at radius 3 is 2.80 bits per heavy atom. The zero-order chi connectivity index (χ0) is 17.6. The smallest absolute Gasteiger partial charge is 0.178 e. The van der Waals surface area contributed by atoms with Gasteiger partial charge in [0.1, 0.15) is 23.2 Å². The summed E-state index contributed by atoms with van der Waals surface area (Å²) in [6.07, 6.45) is 4.16. The Bertz CT molecular complexity index is 807. The third-order valence-electron chi connectivity index (χ3n) is 4.15. The van der Waals surface area contributed by atoms with E-state index in [9.17, 15) is 10.4 Å². The topological polar surface area (TPSA) is 74.7 Å². The van der Waals surface area contributed by atoms with Gasteiger partial charge < -0.3 is 9.67 Å². The number of nitriles is 1. The Morgan fingerprint density at radius 1 is 1.24 bits per heavy atom. The highest BCUT2D eigenvalue weighted by atomic mass is 35.5. The number of hydrogen-bond acceptors (Lipinski definition) is 5. The monoisotopic (exact) mass is 374 g/mol. The van der Waals surface area contributed by atoms with Crippen molar-refractivity contribution < 1.29 is 5.11 Å². The first-order valence-corrected chi connectivity index (χ1v) is 9.79. The lowest BCUT2D eigenvalue weighted by Gasteiger charge is -2.08. The van der Waals surface area contributed by atoms with E-state index in [0.717, 1.165) is 49.4 Å². The first-order valence-electron chi connectivity index (χ1n) is 8.26. The van der Waals surface area contributed by atoms with Gasteiger partial charge in [-0.1, -0.05) is 30.2 Å². The van der Waals surface area contributed by atoms with E-state index in [1.54, 1.807) is 11.8 Å². The number of aromatic nitrogens is 3. The van der Waals surface area contributed by atoms with Crippen molar-refractivity contribution in [3.8, 4) is 6.07 Å². The van der Waals surface area contributed by atoms with E-state index in [1.165, 1.54) is 0 Å². The van der Waals surface area contributed by atoms with Gasteiger partial charge in [-0.3, -0.25) is 0 Å². The number of aryl methyl sites for hydroxylation is 1. The lowest BCUT2D eigenvalue weighted by molar-refractivity contribution is 0.420. The molecule has 0 atom stereocenters. The number of aliphatic hydroxyl groups is 1. The van der Waals surface area contributed by atoms with Crippen LogP contribution in [0.25, 0.3) is 5.57 Å². The van der Waals surface area contributed by atoms with Crippen LogP contribution >= 0.6 is 23.4 Å². The number of halogens is 1. The van der Waals surface area contributed by atoms with E-state index >= 15 is 0 Å². The van der Waals surface area contributed by atoms with Crippen LogP contribution in [0, 0.1) is 11.3 Å². The van der Waals surface area contributed by atoms with Crippen LogP contribution < -0.4 is 0 Å². The van der Waals surface area contributed by atoms with Gasteiger partial charge in [-0.15, -0.1) is 22.0 Å². The first-order chi connectivity index (χ1) is 12.2. The normalized spacial score (nSPS) is 15.0. The van der Waals surface area contributed by atoms with Crippen LogP contribution in [-0.4, -0.2) is 25.6 Å². The lowest BCUT2D eigenvalue weighted by atomic mass is 10.2. The van der Waals surface area contributed by atoms with E-state index in [2.05, 4.69) is 16.3 Å². The van der Waals surface area contributed by atoms with Crippen molar-refractivity contribution in [1.82, 2.24) is 14.8 Å². The second kappa shape index (κ2) is 8.41. The van der Waals surface area contributed by atoms with Crippen LogP contribution in [0.5, 0.6) is 0 Å². The number of allylic oxidation sites excluding steroid dienone is 1. The van der Waals surface area contributed by atoms with Gasteiger partial charge in [0.05, 0.1) is 5.75 Å². The quantitative estimate of drug-likeness (QED) is 0.620. The molecule has 25 heavy (non-hydrogen) atoms. The summed E-state index contributed by atoms with van der Waals surface area (Å²) in [6.45, 7) is 0.800. The molecule has 0 unspecified atom stereocenters. The van der Waals surface area contributed by atoms with Gasteiger partial charge in [0, 0.05) is 23.7 Å². The fourth-order valence-corrected chi connectivity index (χ4v) is 3.83. The van der Waals surface area contributed by atoms with Crippen molar-refractivity contribution in [2.24, 2.45) is 0 Å². The summed E-state index contributed by atoms with van der Waals surface area (Å²) in [5, 5.41) is 29.0. The molecule has 0 saturated heterocycles. The Morgan fingerprint density at radius 2 is 2.04 bits per heavy atom. The maximum Gasteiger partial charge on any atom is 0.178 e. The average Bonchev–Trinajstić information content (AvgIpc) is 2.86. The molecule has 5 nitrogen and oxygen atoms in total. The van der Waals surface area contributed by atoms with E-state index in [0.29, 0.717) is 16.6 Å². The van der Waals surface area contributed by atoms with Crippen LogP contribution in [0.2, 0.25) is 5.02 Å². The van der Waals surface area contributed by atoms with E-state index in [1.807, 2.05) is 28.8 Å². The molecule has 3 rings (SSSR count). The molecular formula is C18H19ClN4OS. The van der Waals surface area contributed by atoms with Crippen molar-refractivity contribution >= 4 is 28.9 Å². The molecule has 2 heterocycles. The first kappa shape index (κ1) is 17.8. The van der Waals surface area contributed by atoms with E-state index in [4.69, 9.17) is 11.6 Å². The van der Waals surface area contributed by atoms with Crippen molar-refractivity contribution in [3.63, 3.8) is 0 Å². The minimum atomic E-state index is 0.0564. The Balaban J connectivity index is 1.71. The predicted octanol–water partition coefficient (Wildman–Crippen LogP) is 4.38. The molecule has 0 aliphatic carbocycles. The zero-order valence-electron chi connectivity index (χ0n) is 13.8. The summed E-state index contributed by atoms with van der Waals surface area (Å²) in [7, 11) is 0.